The Labute approximate surface area is 107 Å². The molecule has 0 amide bonds. The molecule has 2 aromatic heterocycles. The van der Waals surface area contributed by atoms with Crippen LogP contribution in [0.4, 0.5) is 0 Å². The van der Waals surface area contributed by atoms with Crippen LogP contribution in [-0.2, 0) is 0 Å². The molecule has 0 atom stereocenters. The molecule has 0 unspecified atom stereocenters. The van der Waals surface area contributed by atoms with Gasteiger partial charge >= 0.3 is 0 Å². The lowest BCUT2D eigenvalue weighted by atomic mass is 10.1. The van der Waals surface area contributed by atoms with Crippen molar-refractivity contribution in [2.75, 3.05) is 0 Å². The zero-order chi connectivity index (χ0) is 12.8. The van der Waals surface area contributed by atoms with Gasteiger partial charge in [-0.25, -0.2) is 0 Å². The van der Waals surface area contributed by atoms with E-state index in [9.17, 15) is 4.91 Å². The number of H-pyrrole nitrogens is 2. The van der Waals surface area contributed by atoms with Crippen LogP contribution in [0.2, 0.25) is 0 Å². The highest BCUT2D eigenvalue weighted by Crippen LogP contribution is 2.27. The summed E-state index contributed by atoms with van der Waals surface area (Å²) in [5.74, 6) is 0. The molecule has 2 heterocycles. The van der Waals surface area contributed by atoms with E-state index >= 15 is 0 Å². The molecule has 0 spiro atoms. The van der Waals surface area contributed by atoms with Gasteiger partial charge in [0.15, 0.2) is 4.60 Å². The average Bonchev–Trinajstić information content (AvgIpc) is 3.03. The van der Waals surface area contributed by atoms with Crippen LogP contribution in [0.3, 0.4) is 0 Å². The van der Waals surface area contributed by atoms with Gasteiger partial charge in [-0.2, -0.15) is 0 Å². The summed E-state index contributed by atoms with van der Waals surface area (Å²) in [7, 11) is 0. The number of nitrogens with one attached hydrogen (secondary N) is 2. The molecule has 19 heavy (non-hydrogen) atoms. The van der Waals surface area contributed by atoms with E-state index in [0.29, 0.717) is 15.6 Å². The highest BCUT2D eigenvalue weighted by Gasteiger charge is 2.15. The molecule has 0 fully saturated rings. The van der Waals surface area contributed by atoms with Gasteiger partial charge in [-0.3, -0.25) is 0 Å². The molecular formula is C14H10N3O2+. The van der Waals surface area contributed by atoms with Crippen LogP contribution in [0.25, 0.3) is 33.2 Å². The monoisotopic (exact) mass is 252 g/mol. The van der Waals surface area contributed by atoms with E-state index in [-0.39, 0.29) is 0 Å². The van der Waals surface area contributed by atoms with E-state index in [1.807, 2.05) is 42.5 Å². The molecule has 0 saturated carbocycles. The Morgan fingerprint density at radius 1 is 1.05 bits per heavy atom. The largest absolute Gasteiger partial charge is 0.354 e. The molecule has 5 nitrogen and oxygen atoms in total. The smallest absolute Gasteiger partial charge is 0.273 e. The first-order valence-electron chi connectivity index (χ1n) is 5.94. The fraction of sp³-hybridized carbons (Fsp3) is 0. The summed E-state index contributed by atoms with van der Waals surface area (Å²) in [4.78, 5) is 14.7. The normalized spacial score (nSPS) is 11.4. The molecule has 0 radical (unpaired) electrons. The number of aromatic nitrogens is 3. The van der Waals surface area contributed by atoms with Gasteiger partial charge < -0.3 is 4.98 Å². The molecule has 92 valence electrons. The molecule has 0 bridgehead atoms. The maximum absolute atomic E-state index is 11.4. The van der Waals surface area contributed by atoms with Gasteiger partial charge in [-0.05, 0) is 22.6 Å². The topological polar surface area (TPSA) is 67.7 Å². The van der Waals surface area contributed by atoms with E-state index in [2.05, 4.69) is 10.1 Å². The lowest BCUT2D eigenvalue weighted by Gasteiger charge is -1.94. The zero-order valence-electron chi connectivity index (χ0n) is 9.88. The first-order valence-corrected chi connectivity index (χ1v) is 5.94. The summed E-state index contributed by atoms with van der Waals surface area (Å²) in [5.41, 5.74) is 4.27. The molecule has 0 aliphatic heterocycles. The van der Waals surface area contributed by atoms with Gasteiger partial charge in [0.25, 0.3) is 5.52 Å². The molecule has 2 aromatic carbocycles. The zero-order valence-corrected chi connectivity index (χ0v) is 9.88. The second-order valence-corrected chi connectivity index (χ2v) is 4.42. The van der Waals surface area contributed by atoms with Crippen molar-refractivity contribution >= 4 is 21.9 Å². The van der Waals surface area contributed by atoms with Crippen molar-refractivity contribution in [3.8, 4) is 11.3 Å². The van der Waals surface area contributed by atoms with Gasteiger partial charge in [0.05, 0.1) is 10.9 Å². The number of aromatic amines is 2. The molecule has 5 heteroatoms. The summed E-state index contributed by atoms with van der Waals surface area (Å²) in [6.45, 7) is 0. The highest BCUT2D eigenvalue weighted by atomic mass is 16.7. The van der Waals surface area contributed by atoms with E-state index in [1.165, 1.54) is 0 Å². The average molecular weight is 252 g/mol. The van der Waals surface area contributed by atoms with Gasteiger partial charge in [0, 0.05) is 11.8 Å². The maximum Gasteiger partial charge on any atom is 0.273 e. The van der Waals surface area contributed by atoms with Crippen molar-refractivity contribution in [2.24, 2.45) is 0 Å². The number of rotatable bonds is 1. The Kier molecular flexibility index (Phi) is 1.91. The highest BCUT2D eigenvalue weighted by molar-refractivity contribution is 6.03. The second-order valence-electron chi connectivity index (χ2n) is 4.42. The van der Waals surface area contributed by atoms with Crippen LogP contribution < -0.4 is 4.60 Å². The van der Waals surface area contributed by atoms with E-state index in [0.717, 1.165) is 22.2 Å². The second kappa shape index (κ2) is 3.58. The summed E-state index contributed by atoms with van der Waals surface area (Å²) >= 11 is 0. The first-order chi connectivity index (χ1) is 9.33. The van der Waals surface area contributed by atoms with Crippen molar-refractivity contribution in [1.29, 1.82) is 0 Å². The van der Waals surface area contributed by atoms with Gasteiger partial charge in [0.1, 0.15) is 0 Å². The van der Waals surface area contributed by atoms with Gasteiger partial charge in [-0.1, -0.05) is 40.1 Å². The fourth-order valence-corrected chi connectivity index (χ4v) is 2.36. The fourth-order valence-electron chi connectivity index (χ4n) is 2.36. The standard InChI is InChI=1S/C14H10N3O2/c18-17-13-7-6-11-10(14(13)16-19-17)8-12(15-11)9-4-2-1-3-5-9/h1-8,15-16H/q+1. The summed E-state index contributed by atoms with van der Waals surface area (Å²) in [5, 5.41) is 3.59. The quantitative estimate of drug-likeness (QED) is 0.547. The van der Waals surface area contributed by atoms with Crippen LogP contribution in [0.5, 0.6) is 0 Å². The molecule has 4 rings (SSSR count). The molecule has 2 N–H and O–H groups in total. The molecule has 0 aliphatic rings. The predicted molar refractivity (Wildman–Crippen MR) is 71.2 cm³/mol. The van der Waals surface area contributed by atoms with Crippen molar-refractivity contribution in [3.05, 3.63) is 53.4 Å². The number of fused-ring (bicyclic) bond motifs is 3. The Morgan fingerprint density at radius 2 is 1.89 bits per heavy atom. The minimum atomic E-state index is 0.476. The third-order valence-corrected chi connectivity index (χ3v) is 3.29. The number of hydrogen-bond acceptors (Lipinski definition) is 2. The molecule has 0 saturated heterocycles. The van der Waals surface area contributed by atoms with Gasteiger partial charge in [0.2, 0.25) is 5.52 Å². The Balaban J connectivity index is 2.06. The van der Waals surface area contributed by atoms with Crippen LogP contribution in [0.1, 0.15) is 0 Å². The molecule has 4 aromatic rings. The van der Waals surface area contributed by atoms with Crippen molar-refractivity contribution < 1.29 is 9.23 Å². The number of benzene rings is 2. The lowest BCUT2D eigenvalue weighted by Crippen LogP contribution is -2.07. The van der Waals surface area contributed by atoms with Crippen molar-refractivity contribution in [3.63, 3.8) is 0 Å². The Hall–Kier alpha value is -2.82. The minimum Gasteiger partial charge on any atom is -0.354 e. The molecule has 0 aliphatic carbocycles. The van der Waals surface area contributed by atoms with Crippen molar-refractivity contribution in [1.82, 2.24) is 10.1 Å². The van der Waals surface area contributed by atoms with Gasteiger partial charge in [-0.15, -0.1) is 0 Å². The summed E-state index contributed by atoms with van der Waals surface area (Å²) in [6, 6.07) is 15.7. The Morgan fingerprint density at radius 3 is 2.74 bits per heavy atom. The van der Waals surface area contributed by atoms with Crippen LogP contribution in [-0.4, -0.2) is 10.1 Å². The number of nitrogens with zero attached hydrogens (tertiary/aromatic N) is 1. The SMILES string of the molecule is O=[n+]1o[nH]c2c3cc(-c4ccccc4)[nH]c3ccc21. The predicted octanol–water partition coefficient (Wildman–Crippen LogP) is 2.82. The van der Waals surface area contributed by atoms with E-state index < -0.39 is 0 Å². The lowest BCUT2D eigenvalue weighted by molar-refractivity contribution is -0.692. The summed E-state index contributed by atoms with van der Waals surface area (Å²) < 4.78 is 5.24. The van der Waals surface area contributed by atoms with Crippen molar-refractivity contribution in [2.45, 2.75) is 0 Å². The Bertz CT molecular complexity index is 932. The minimum absolute atomic E-state index is 0.476. The third kappa shape index (κ3) is 1.41. The van der Waals surface area contributed by atoms with E-state index in [1.54, 1.807) is 6.07 Å². The van der Waals surface area contributed by atoms with E-state index in [4.69, 9.17) is 4.63 Å². The van der Waals surface area contributed by atoms with Crippen LogP contribution in [0, 0.1) is 4.91 Å². The van der Waals surface area contributed by atoms with Crippen LogP contribution >= 0.6 is 0 Å². The number of hydrogen-bond donors (Lipinski definition) is 2. The first kappa shape index (κ1) is 10.1. The molecular weight excluding hydrogens is 242 g/mol. The third-order valence-electron chi connectivity index (χ3n) is 3.29. The summed E-state index contributed by atoms with van der Waals surface area (Å²) in [6.07, 6.45) is 0. The van der Waals surface area contributed by atoms with Crippen LogP contribution in [0.15, 0.2) is 53.2 Å². The maximum atomic E-state index is 11.4.